The summed E-state index contributed by atoms with van der Waals surface area (Å²) in [6, 6.07) is 2.61. The Hall–Kier alpha value is -1.38. The maximum absolute atomic E-state index is 5.66. The van der Waals surface area contributed by atoms with Crippen LogP contribution in [0.15, 0.2) is 22.8 Å². The number of hydrogen-bond acceptors (Lipinski definition) is 8. The summed E-state index contributed by atoms with van der Waals surface area (Å²) in [5.74, 6) is 1.05. The number of aryl methyl sites for hydroxylation is 1. The predicted octanol–water partition coefficient (Wildman–Crippen LogP) is 2.43. The molecule has 0 spiro atoms. The van der Waals surface area contributed by atoms with Crippen LogP contribution in [0.2, 0.25) is 0 Å². The third-order valence-electron chi connectivity index (χ3n) is 4.23. The summed E-state index contributed by atoms with van der Waals surface area (Å²) < 4.78 is 0. The SMILES string of the molecule is CSc1nccc(N2CCC(NCCCc3csc(N)n3)CC2)n1. The van der Waals surface area contributed by atoms with Crippen molar-refractivity contribution in [2.24, 2.45) is 0 Å². The topological polar surface area (TPSA) is 80.0 Å². The lowest BCUT2D eigenvalue weighted by molar-refractivity contribution is 0.411. The lowest BCUT2D eigenvalue weighted by Crippen LogP contribution is -2.43. The molecule has 0 unspecified atom stereocenters. The third kappa shape index (κ3) is 4.81. The first-order valence-corrected chi connectivity index (χ1v) is 10.4. The van der Waals surface area contributed by atoms with Crippen LogP contribution in [-0.2, 0) is 6.42 Å². The smallest absolute Gasteiger partial charge is 0.189 e. The lowest BCUT2D eigenvalue weighted by Gasteiger charge is -2.33. The van der Waals surface area contributed by atoms with Crippen LogP contribution in [0.1, 0.15) is 25.0 Å². The molecule has 0 saturated carbocycles. The van der Waals surface area contributed by atoms with E-state index >= 15 is 0 Å². The average Bonchev–Trinajstić information content (AvgIpc) is 3.04. The first-order chi connectivity index (χ1) is 11.7. The summed E-state index contributed by atoms with van der Waals surface area (Å²) in [5.41, 5.74) is 6.77. The first kappa shape index (κ1) is 17.4. The van der Waals surface area contributed by atoms with Crippen LogP contribution in [0.3, 0.4) is 0 Å². The molecule has 0 bridgehead atoms. The largest absolute Gasteiger partial charge is 0.375 e. The molecule has 3 N–H and O–H groups in total. The van der Waals surface area contributed by atoms with Crippen LogP contribution in [0, 0.1) is 0 Å². The van der Waals surface area contributed by atoms with Crippen molar-refractivity contribution < 1.29 is 0 Å². The quantitative estimate of drug-likeness (QED) is 0.444. The molecule has 1 fully saturated rings. The molecular weight excluding hydrogens is 340 g/mol. The third-order valence-corrected chi connectivity index (χ3v) is 5.52. The highest BCUT2D eigenvalue weighted by Gasteiger charge is 2.19. The standard InChI is InChI=1S/C16H24N6S2/c1-23-16-19-8-4-14(21-16)22-9-5-12(6-10-22)18-7-2-3-13-11-24-15(17)20-13/h4,8,11-12,18H,2-3,5-7,9-10H2,1H3,(H2,17,20). The highest BCUT2D eigenvalue weighted by atomic mass is 32.2. The van der Waals surface area contributed by atoms with E-state index in [9.17, 15) is 0 Å². The summed E-state index contributed by atoms with van der Waals surface area (Å²) in [6.07, 6.45) is 8.27. The minimum absolute atomic E-state index is 0.601. The van der Waals surface area contributed by atoms with Crippen molar-refractivity contribution in [1.29, 1.82) is 0 Å². The number of nitrogens with two attached hydrogens (primary N) is 1. The Labute approximate surface area is 151 Å². The van der Waals surface area contributed by atoms with Gasteiger partial charge in [0.1, 0.15) is 5.82 Å². The van der Waals surface area contributed by atoms with E-state index < -0.39 is 0 Å². The number of piperidine rings is 1. The van der Waals surface area contributed by atoms with Gasteiger partial charge in [-0.3, -0.25) is 0 Å². The molecule has 1 aliphatic heterocycles. The monoisotopic (exact) mass is 364 g/mol. The zero-order valence-corrected chi connectivity index (χ0v) is 15.6. The molecule has 8 heteroatoms. The Morgan fingerprint density at radius 3 is 2.92 bits per heavy atom. The molecule has 0 atom stereocenters. The van der Waals surface area contributed by atoms with Crippen molar-refractivity contribution in [3.63, 3.8) is 0 Å². The van der Waals surface area contributed by atoms with Gasteiger partial charge in [-0.1, -0.05) is 11.8 Å². The van der Waals surface area contributed by atoms with Gasteiger partial charge in [0.05, 0.1) is 5.69 Å². The number of rotatable bonds is 7. The summed E-state index contributed by atoms with van der Waals surface area (Å²) in [5, 5.41) is 7.24. The summed E-state index contributed by atoms with van der Waals surface area (Å²) >= 11 is 3.11. The van der Waals surface area contributed by atoms with Crippen molar-refractivity contribution in [2.45, 2.75) is 36.9 Å². The number of nitrogens with one attached hydrogen (secondary N) is 1. The van der Waals surface area contributed by atoms with E-state index in [-0.39, 0.29) is 0 Å². The molecule has 0 amide bonds. The number of nitrogens with zero attached hydrogens (tertiary/aromatic N) is 4. The Bertz CT molecular complexity index is 639. The van der Waals surface area contributed by atoms with Crippen LogP contribution in [0.5, 0.6) is 0 Å². The molecule has 1 saturated heterocycles. The van der Waals surface area contributed by atoms with Gasteiger partial charge in [0, 0.05) is 30.7 Å². The van der Waals surface area contributed by atoms with Crippen molar-refractivity contribution >= 4 is 34.0 Å². The van der Waals surface area contributed by atoms with Crippen LogP contribution in [0.25, 0.3) is 0 Å². The fourth-order valence-electron chi connectivity index (χ4n) is 2.93. The Morgan fingerprint density at radius 2 is 2.21 bits per heavy atom. The second-order valence-corrected chi connectivity index (χ2v) is 7.56. The summed E-state index contributed by atoms with van der Waals surface area (Å²) in [6.45, 7) is 3.13. The van der Waals surface area contributed by atoms with Crippen molar-refractivity contribution in [2.75, 3.05) is 36.5 Å². The van der Waals surface area contributed by atoms with Gasteiger partial charge in [-0.15, -0.1) is 11.3 Å². The average molecular weight is 365 g/mol. The maximum Gasteiger partial charge on any atom is 0.189 e. The molecule has 1 aliphatic rings. The number of thiazole rings is 1. The Balaban J connectivity index is 1.37. The summed E-state index contributed by atoms with van der Waals surface area (Å²) in [4.78, 5) is 15.5. The molecule has 2 aromatic heterocycles. The molecule has 0 aromatic carbocycles. The number of anilines is 2. The van der Waals surface area contributed by atoms with Gasteiger partial charge >= 0.3 is 0 Å². The van der Waals surface area contributed by atoms with E-state index in [2.05, 4.69) is 30.5 Å². The first-order valence-electron chi connectivity index (χ1n) is 8.30. The summed E-state index contributed by atoms with van der Waals surface area (Å²) in [7, 11) is 0. The molecule has 130 valence electrons. The van der Waals surface area contributed by atoms with Gasteiger partial charge in [0.25, 0.3) is 0 Å². The van der Waals surface area contributed by atoms with Crippen molar-refractivity contribution in [3.05, 3.63) is 23.3 Å². The highest BCUT2D eigenvalue weighted by Crippen LogP contribution is 2.20. The molecule has 0 aliphatic carbocycles. The van der Waals surface area contributed by atoms with E-state index in [1.807, 2.05) is 18.5 Å². The Kier molecular flexibility index (Phi) is 6.28. The van der Waals surface area contributed by atoms with Gasteiger partial charge in [0.15, 0.2) is 10.3 Å². The van der Waals surface area contributed by atoms with E-state index in [1.165, 1.54) is 11.3 Å². The second-order valence-electron chi connectivity index (χ2n) is 5.90. The van der Waals surface area contributed by atoms with Crippen LogP contribution in [0.4, 0.5) is 10.9 Å². The normalized spacial score (nSPS) is 15.8. The highest BCUT2D eigenvalue weighted by molar-refractivity contribution is 7.98. The minimum Gasteiger partial charge on any atom is -0.375 e. The van der Waals surface area contributed by atoms with Gasteiger partial charge < -0.3 is 16.0 Å². The number of aromatic nitrogens is 3. The van der Waals surface area contributed by atoms with Gasteiger partial charge in [-0.25, -0.2) is 15.0 Å². The molecule has 3 heterocycles. The zero-order chi connectivity index (χ0) is 16.8. The van der Waals surface area contributed by atoms with Gasteiger partial charge in [0.2, 0.25) is 0 Å². The van der Waals surface area contributed by atoms with E-state index in [0.717, 1.165) is 62.0 Å². The number of hydrogen-bond donors (Lipinski definition) is 2. The van der Waals surface area contributed by atoms with E-state index in [0.29, 0.717) is 11.2 Å². The number of nitrogen functional groups attached to an aromatic ring is 1. The van der Waals surface area contributed by atoms with Crippen molar-refractivity contribution in [3.8, 4) is 0 Å². The predicted molar refractivity (Wildman–Crippen MR) is 102 cm³/mol. The number of thioether (sulfide) groups is 1. The van der Waals surface area contributed by atoms with E-state index in [1.54, 1.807) is 11.8 Å². The minimum atomic E-state index is 0.601. The van der Waals surface area contributed by atoms with Crippen LogP contribution >= 0.6 is 23.1 Å². The van der Waals surface area contributed by atoms with Crippen molar-refractivity contribution in [1.82, 2.24) is 20.3 Å². The molecule has 6 nitrogen and oxygen atoms in total. The molecule has 24 heavy (non-hydrogen) atoms. The molecule has 0 radical (unpaired) electrons. The van der Waals surface area contributed by atoms with Crippen LogP contribution in [-0.4, -0.2) is 46.9 Å². The van der Waals surface area contributed by atoms with Gasteiger partial charge in [-0.2, -0.15) is 0 Å². The molecule has 2 aromatic rings. The van der Waals surface area contributed by atoms with E-state index in [4.69, 9.17) is 5.73 Å². The zero-order valence-electron chi connectivity index (χ0n) is 13.9. The molecular formula is C16H24N6S2. The molecule has 3 rings (SSSR count). The fourth-order valence-corrected chi connectivity index (χ4v) is 3.88. The van der Waals surface area contributed by atoms with Gasteiger partial charge in [-0.05, 0) is 44.6 Å². The fraction of sp³-hybridized carbons (Fsp3) is 0.562. The lowest BCUT2D eigenvalue weighted by atomic mass is 10.0. The Morgan fingerprint density at radius 1 is 1.38 bits per heavy atom. The maximum atomic E-state index is 5.66. The second kappa shape index (κ2) is 8.64. The van der Waals surface area contributed by atoms with Crippen LogP contribution < -0.4 is 16.0 Å².